The molecule has 4 N–H and O–H groups in total. The minimum Gasteiger partial charge on any atom is -0.394 e. The standard InChI is InChI=1S/C5H11NO4/c1-10-4(5(6)9)3(8)2-7/h3-4,7-8H,2H2,1H3,(H2,6,9)/t3-,4+/m1/s1. The van der Waals surface area contributed by atoms with Crippen molar-refractivity contribution in [2.24, 2.45) is 5.73 Å². The van der Waals surface area contributed by atoms with E-state index in [1.165, 1.54) is 7.11 Å². The lowest BCUT2D eigenvalue weighted by Crippen LogP contribution is -2.42. The normalized spacial score (nSPS) is 16.3. The molecule has 0 aromatic rings. The molecule has 0 fully saturated rings. The quantitative estimate of drug-likeness (QED) is 0.424. The minimum atomic E-state index is -1.23. The van der Waals surface area contributed by atoms with E-state index in [-0.39, 0.29) is 0 Å². The van der Waals surface area contributed by atoms with E-state index in [1.54, 1.807) is 0 Å². The molecule has 60 valence electrons. The summed E-state index contributed by atoms with van der Waals surface area (Å²) in [6.07, 6.45) is -2.35. The van der Waals surface area contributed by atoms with Gasteiger partial charge in [0.25, 0.3) is 0 Å². The molecule has 0 rings (SSSR count). The number of hydrogen-bond acceptors (Lipinski definition) is 4. The maximum atomic E-state index is 10.4. The zero-order valence-electron chi connectivity index (χ0n) is 5.65. The summed E-state index contributed by atoms with van der Waals surface area (Å²) in [5.41, 5.74) is 4.79. The summed E-state index contributed by atoms with van der Waals surface area (Å²) in [6.45, 7) is -0.540. The summed E-state index contributed by atoms with van der Waals surface area (Å²) in [7, 11) is 1.23. The van der Waals surface area contributed by atoms with Gasteiger partial charge in [-0.05, 0) is 0 Å². The molecule has 5 nitrogen and oxygen atoms in total. The van der Waals surface area contributed by atoms with E-state index in [9.17, 15) is 4.79 Å². The van der Waals surface area contributed by atoms with Crippen LogP contribution in [0.15, 0.2) is 0 Å². The van der Waals surface area contributed by atoms with Crippen molar-refractivity contribution in [3.05, 3.63) is 0 Å². The van der Waals surface area contributed by atoms with Crippen LogP contribution in [0.2, 0.25) is 0 Å². The molecule has 2 atom stereocenters. The van der Waals surface area contributed by atoms with Crippen molar-refractivity contribution in [3.63, 3.8) is 0 Å². The molecule has 0 aliphatic rings. The first-order chi connectivity index (χ1) is 4.63. The summed E-state index contributed by atoms with van der Waals surface area (Å²) in [4.78, 5) is 10.4. The number of ether oxygens (including phenoxy) is 1. The van der Waals surface area contributed by atoms with Crippen molar-refractivity contribution >= 4 is 5.91 Å². The topological polar surface area (TPSA) is 92.8 Å². The SMILES string of the molecule is CO[C@H](C(N)=O)[C@H](O)CO. The second-order valence-electron chi connectivity index (χ2n) is 1.81. The molecule has 0 bridgehead atoms. The number of rotatable bonds is 4. The number of aliphatic hydroxyl groups excluding tert-OH is 2. The lowest BCUT2D eigenvalue weighted by Gasteiger charge is -2.15. The van der Waals surface area contributed by atoms with Crippen LogP contribution in [-0.2, 0) is 9.53 Å². The third kappa shape index (κ3) is 2.30. The van der Waals surface area contributed by atoms with Gasteiger partial charge in [0.05, 0.1) is 6.61 Å². The molecule has 0 aliphatic heterocycles. The molecule has 0 saturated heterocycles. The first-order valence-electron chi connectivity index (χ1n) is 2.74. The highest BCUT2D eigenvalue weighted by atomic mass is 16.5. The number of methoxy groups -OCH3 is 1. The van der Waals surface area contributed by atoms with E-state index in [2.05, 4.69) is 4.74 Å². The van der Waals surface area contributed by atoms with Crippen LogP contribution >= 0.6 is 0 Å². The third-order valence-corrected chi connectivity index (χ3v) is 1.07. The van der Waals surface area contributed by atoms with E-state index in [0.717, 1.165) is 0 Å². The predicted octanol–water partition coefficient (Wildman–Crippen LogP) is -2.16. The zero-order valence-corrected chi connectivity index (χ0v) is 5.65. The van der Waals surface area contributed by atoms with Crippen molar-refractivity contribution in [1.82, 2.24) is 0 Å². The van der Waals surface area contributed by atoms with Crippen molar-refractivity contribution in [2.45, 2.75) is 12.2 Å². The number of nitrogens with two attached hydrogens (primary N) is 1. The Labute approximate surface area is 58.4 Å². The Kier molecular flexibility index (Phi) is 3.94. The summed E-state index contributed by atoms with van der Waals surface area (Å²) in [5, 5.41) is 17.2. The van der Waals surface area contributed by atoms with Crippen molar-refractivity contribution in [1.29, 1.82) is 0 Å². The summed E-state index contributed by atoms with van der Waals surface area (Å²) < 4.78 is 4.48. The van der Waals surface area contributed by atoms with Gasteiger partial charge < -0.3 is 20.7 Å². The molecule has 0 aliphatic carbocycles. The molecule has 0 radical (unpaired) electrons. The second-order valence-corrected chi connectivity index (χ2v) is 1.81. The molecule has 0 unspecified atom stereocenters. The first-order valence-corrected chi connectivity index (χ1v) is 2.74. The monoisotopic (exact) mass is 149 g/mol. The number of amides is 1. The summed E-state index contributed by atoms with van der Waals surface area (Å²) in [6, 6.07) is 0. The third-order valence-electron chi connectivity index (χ3n) is 1.07. The van der Waals surface area contributed by atoms with Crippen LogP contribution in [0.3, 0.4) is 0 Å². The van der Waals surface area contributed by atoms with E-state index >= 15 is 0 Å². The van der Waals surface area contributed by atoms with Gasteiger partial charge in [-0.1, -0.05) is 0 Å². The molecule has 0 aromatic heterocycles. The molecular weight excluding hydrogens is 138 g/mol. The van der Waals surface area contributed by atoms with Gasteiger partial charge in [-0.15, -0.1) is 0 Å². The Morgan fingerprint density at radius 1 is 1.80 bits per heavy atom. The van der Waals surface area contributed by atoms with Crippen LogP contribution < -0.4 is 5.73 Å². The Balaban J connectivity index is 3.92. The van der Waals surface area contributed by atoms with E-state index in [1.807, 2.05) is 0 Å². The van der Waals surface area contributed by atoms with Crippen LogP contribution in [0.5, 0.6) is 0 Å². The number of hydrogen-bond donors (Lipinski definition) is 3. The Morgan fingerprint density at radius 2 is 2.30 bits per heavy atom. The van der Waals surface area contributed by atoms with Crippen LogP contribution in [-0.4, -0.2) is 42.0 Å². The van der Waals surface area contributed by atoms with Gasteiger partial charge in [0.1, 0.15) is 6.10 Å². The molecule has 5 heteroatoms. The minimum absolute atomic E-state index is 0.540. The molecule has 0 aromatic carbocycles. The average Bonchev–Trinajstić information content (AvgIpc) is 1.88. The van der Waals surface area contributed by atoms with Gasteiger partial charge in [0.2, 0.25) is 5.91 Å². The van der Waals surface area contributed by atoms with Gasteiger partial charge in [-0.2, -0.15) is 0 Å². The molecule has 0 spiro atoms. The van der Waals surface area contributed by atoms with Gasteiger partial charge >= 0.3 is 0 Å². The number of aliphatic hydroxyl groups is 2. The maximum Gasteiger partial charge on any atom is 0.249 e. The molecular formula is C5H11NO4. The van der Waals surface area contributed by atoms with Gasteiger partial charge in [0, 0.05) is 7.11 Å². The molecule has 0 heterocycles. The van der Waals surface area contributed by atoms with E-state index in [0.29, 0.717) is 0 Å². The number of carbonyl (C=O) groups is 1. The second kappa shape index (κ2) is 4.21. The predicted molar refractivity (Wildman–Crippen MR) is 33.1 cm³/mol. The van der Waals surface area contributed by atoms with Gasteiger partial charge in [-0.25, -0.2) is 0 Å². The zero-order chi connectivity index (χ0) is 8.15. The van der Waals surface area contributed by atoms with E-state index in [4.69, 9.17) is 15.9 Å². The van der Waals surface area contributed by atoms with Crippen LogP contribution in [0, 0.1) is 0 Å². The van der Waals surface area contributed by atoms with E-state index < -0.39 is 24.7 Å². The number of primary amides is 1. The summed E-state index contributed by atoms with van der Waals surface area (Å²) in [5.74, 6) is -0.788. The lowest BCUT2D eigenvalue weighted by atomic mass is 10.2. The van der Waals surface area contributed by atoms with Crippen LogP contribution in [0.1, 0.15) is 0 Å². The highest BCUT2D eigenvalue weighted by Gasteiger charge is 2.22. The molecule has 1 amide bonds. The summed E-state index contributed by atoms with van der Waals surface area (Å²) >= 11 is 0. The lowest BCUT2D eigenvalue weighted by molar-refractivity contribution is -0.136. The fourth-order valence-corrected chi connectivity index (χ4v) is 0.559. The fraction of sp³-hybridized carbons (Fsp3) is 0.800. The Bertz CT molecular complexity index is 116. The van der Waals surface area contributed by atoms with Crippen molar-refractivity contribution in [2.75, 3.05) is 13.7 Å². The average molecular weight is 149 g/mol. The fourth-order valence-electron chi connectivity index (χ4n) is 0.559. The van der Waals surface area contributed by atoms with Crippen molar-refractivity contribution < 1.29 is 19.7 Å². The molecule has 0 saturated carbocycles. The number of carbonyl (C=O) groups excluding carboxylic acids is 1. The van der Waals surface area contributed by atoms with Gasteiger partial charge in [0.15, 0.2) is 6.10 Å². The highest BCUT2D eigenvalue weighted by molar-refractivity contribution is 5.79. The Morgan fingerprint density at radius 3 is 2.40 bits per heavy atom. The van der Waals surface area contributed by atoms with Crippen LogP contribution in [0.4, 0.5) is 0 Å². The Hall–Kier alpha value is -0.650. The molecule has 10 heavy (non-hydrogen) atoms. The van der Waals surface area contributed by atoms with Gasteiger partial charge in [-0.3, -0.25) is 4.79 Å². The maximum absolute atomic E-state index is 10.4. The largest absolute Gasteiger partial charge is 0.394 e. The van der Waals surface area contributed by atoms with Crippen molar-refractivity contribution in [3.8, 4) is 0 Å². The highest BCUT2D eigenvalue weighted by Crippen LogP contribution is 1.95. The smallest absolute Gasteiger partial charge is 0.249 e. The first kappa shape index (κ1) is 9.35. The van der Waals surface area contributed by atoms with Crippen LogP contribution in [0.25, 0.3) is 0 Å².